The van der Waals surface area contributed by atoms with E-state index in [0.29, 0.717) is 23.2 Å². The Morgan fingerprint density at radius 2 is 2.00 bits per heavy atom. The molecular weight excluding hydrogens is 348 g/mol. The average molecular weight is 362 g/mol. The van der Waals surface area contributed by atoms with Gasteiger partial charge in [-0.3, -0.25) is 0 Å². The Morgan fingerprint density at radius 1 is 1.08 bits per heavy atom. The fourth-order valence-corrected chi connectivity index (χ4v) is 3.56. The number of hydrogen-bond acceptors (Lipinski definition) is 6. The van der Waals surface area contributed by atoms with Gasteiger partial charge in [-0.1, -0.05) is 41.7 Å². The van der Waals surface area contributed by atoms with Crippen LogP contribution in [0.5, 0.6) is 5.75 Å². The standard InChI is InChI=1S/C19H14N4O2S/c1-12-5-4-7-14(9-12)24-11-17-22-23-18(20-21-19(23)26-17)16-10-13-6-2-3-8-15(13)25-16/h2-10H,11H2,1H3. The van der Waals surface area contributed by atoms with Crippen molar-refractivity contribution in [1.82, 2.24) is 19.8 Å². The Balaban J connectivity index is 1.45. The minimum atomic E-state index is 0.386. The van der Waals surface area contributed by atoms with Crippen LogP contribution in [0.1, 0.15) is 10.6 Å². The van der Waals surface area contributed by atoms with Crippen molar-refractivity contribution in [2.45, 2.75) is 13.5 Å². The van der Waals surface area contributed by atoms with Gasteiger partial charge in [0.05, 0.1) is 0 Å². The Morgan fingerprint density at radius 3 is 2.88 bits per heavy atom. The molecule has 0 N–H and O–H groups in total. The summed E-state index contributed by atoms with van der Waals surface area (Å²) in [6.07, 6.45) is 0. The van der Waals surface area contributed by atoms with Gasteiger partial charge >= 0.3 is 0 Å². The number of hydrogen-bond donors (Lipinski definition) is 0. The highest BCUT2D eigenvalue weighted by molar-refractivity contribution is 7.16. The first kappa shape index (κ1) is 15.1. The van der Waals surface area contributed by atoms with Crippen molar-refractivity contribution in [3.8, 4) is 17.3 Å². The van der Waals surface area contributed by atoms with E-state index in [0.717, 1.165) is 27.3 Å². The Hall–Kier alpha value is -3.19. The Bertz CT molecular complexity index is 1190. The van der Waals surface area contributed by atoms with Crippen LogP contribution >= 0.6 is 11.3 Å². The van der Waals surface area contributed by atoms with Crippen molar-refractivity contribution >= 4 is 27.3 Å². The van der Waals surface area contributed by atoms with E-state index < -0.39 is 0 Å². The molecule has 0 fully saturated rings. The van der Waals surface area contributed by atoms with Crippen LogP contribution in [-0.2, 0) is 6.61 Å². The van der Waals surface area contributed by atoms with Crippen LogP contribution in [0.2, 0.25) is 0 Å². The molecule has 128 valence electrons. The first-order valence-corrected chi connectivity index (χ1v) is 8.97. The number of fused-ring (bicyclic) bond motifs is 2. The second kappa shape index (κ2) is 5.96. The minimum Gasteiger partial charge on any atom is -0.486 e. The summed E-state index contributed by atoms with van der Waals surface area (Å²) in [5.74, 6) is 2.07. The highest BCUT2D eigenvalue weighted by Gasteiger charge is 2.17. The summed E-state index contributed by atoms with van der Waals surface area (Å²) in [5, 5.41) is 14.9. The third-order valence-electron chi connectivity index (χ3n) is 4.03. The lowest BCUT2D eigenvalue weighted by molar-refractivity contribution is 0.304. The van der Waals surface area contributed by atoms with Crippen LogP contribution in [0.25, 0.3) is 27.5 Å². The van der Waals surface area contributed by atoms with Crippen molar-refractivity contribution in [2.24, 2.45) is 0 Å². The van der Waals surface area contributed by atoms with Crippen molar-refractivity contribution in [1.29, 1.82) is 0 Å². The molecule has 5 aromatic rings. The number of nitrogens with zero attached hydrogens (tertiary/aromatic N) is 4. The van der Waals surface area contributed by atoms with E-state index in [2.05, 4.69) is 15.3 Å². The maximum absolute atomic E-state index is 5.88. The van der Waals surface area contributed by atoms with Crippen LogP contribution in [-0.4, -0.2) is 19.8 Å². The van der Waals surface area contributed by atoms with Gasteiger partial charge in [0.1, 0.15) is 17.9 Å². The molecule has 0 aliphatic carbocycles. The molecule has 0 spiro atoms. The van der Waals surface area contributed by atoms with Crippen molar-refractivity contribution in [3.63, 3.8) is 0 Å². The highest BCUT2D eigenvalue weighted by Crippen LogP contribution is 2.28. The summed E-state index contributed by atoms with van der Waals surface area (Å²) in [4.78, 5) is 0.711. The molecule has 0 aliphatic rings. The van der Waals surface area contributed by atoms with E-state index in [-0.39, 0.29) is 0 Å². The summed E-state index contributed by atoms with van der Waals surface area (Å²) >= 11 is 1.45. The van der Waals surface area contributed by atoms with Gasteiger partial charge < -0.3 is 9.15 Å². The van der Waals surface area contributed by atoms with Crippen molar-refractivity contribution < 1.29 is 9.15 Å². The molecule has 0 amide bonds. The predicted octanol–water partition coefficient (Wildman–Crippen LogP) is 4.49. The second-order valence-corrected chi connectivity index (χ2v) is 7.01. The fourth-order valence-electron chi connectivity index (χ4n) is 2.81. The first-order valence-electron chi connectivity index (χ1n) is 8.16. The molecule has 5 rings (SSSR count). The lowest BCUT2D eigenvalue weighted by Crippen LogP contribution is -1.97. The van der Waals surface area contributed by atoms with Gasteiger partial charge in [0.15, 0.2) is 10.8 Å². The normalized spacial score (nSPS) is 11.4. The number of rotatable bonds is 4. The summed E-state index contributed by atoms with van der Waals surface area (Å²) in [5.41, 5.74) is 1.98. The van der Waals surface area contributed by atoms with Gasteiger partial charge in [-0.25, -0.2) is 0 Å². The summed E-state index contributed by atoms with van der Waals surface area (Å²) in [6, 6.07) is 17.8. The lowest BCUT2D eigenvalue weighted by Gasteiger charge is -2.03. The largest absolute Gasteiger partial charge is 0.486 e. The van der Waals surface area contributed by atoms with Gasteiger partial charge in [0.25, 0.3) is 0 Å². The molecule has 2 aromatic carbocycles. The van der Waals surface area contributed by atoms with E-state index >= 15 is 0 Å². The zero-order valence-electron chi connectivity index (χ0n) is 13.9. The number of aryl methyl sites for hydroxylation is 1. The van der Waals surface area contributed by atoms with Crippen LogP contribution in [0, 0.1) is 6.92 Å². The van der Waals surface area contributed by atoms with Gasteiger partial charge in [-0.05, 0) is 36.8 Å². The minimum absolute atomic E-state index is 0.386. The predicted molar refractivity (Wildman–Crippen MR) is 99.4 cm³/mol. The van der Waals surface area contributed by atoms with Crippen molar-refractivity contribution in [2.75, 3.05) is 0 Å². The molecule has 26 heavy (non-hydrogen) atoms. The fraction of sp³-hybridized carbons (Fsp3) is 0.105. The molecule has 0 bridgehead atoms. The Labute approximate surface area is 152 Å². The number of para-hydroxylation sites is 1. The summed E-state index contributed by atoms with van der Waals surface area (Å²) in [7, 11) is 0. The van der Waals surface area contributed by atoms with Gasteiger partial charge in [0, 0.05) is 5.39 Å². The molecular formula is C19H14N4O2S. The second-order valence-electron chi connectivity index (χ2n) is 5.97. The van der Waals surface area contributed by atoms with Crippen LogP contribution in [0.15, 0.2) is 59.0 Å². The number of benzene rings is 2. The molecule has 0 saturated heterocycles. The average Bonchev–Trinajstić information content (AvgIpc) is 3.33. The lowest BCUT2D eigenvalue weighted by atomic mass is 10.2. The molecule has 0 saturated carbocycles. The number of aromatic nitrogens is 4. The molecule has 7 heteroatoms. The summed E-state index contributed by atoms with van der Waals surface area (Å²) in [6.45, 7) is 2.42. The molecule has 3 heterocycles. The van der Waals surface area contributed by atoms with Gasteiger partial charge in [0.2, 0.25) is 10.8 Å². The third kappa shape index (κ3) is 2.62. The van der Waals surface area contributed by atoms with Crippen LogP contribution in [0.3, 0.4) is 0 Å². The molecule has 0 unspecified atom stereocenters. The van der Waals surface area contributed by atoms with Crippen LogP contribution < -0.4 is 4.74 Å². The number of ether oxygens (including phenoxy) is 1. The molecule has 3 aromatic heterocycles. The third-order valence-corrected chi connectivity index (χ3v) is 4.90. The zero-order valence-corrected chi connectivity index (χ0v) is 14.7. The zero-order chi connectivity index (χ0) is 17.5. The van der Waals surface area contributed by atoms with E-state index in [1.54, 1.807) is 4.52 Å². The first-order chi connectivity index (χ1) is 12.8. The molecule has 0 atom stereocenters. The molecule has 6 nitrogen and oxygen atoms in total. The Kier molecular flexibility index (Phi) is 3.46. The molecule has 0 radical (unpaired) electrons. The van der Waals surface area contributed by atoms with Gasteiger partial charge in [-0.15, -0.1) is 10.2 Å². The van der Waals surface area contributed by atoms with Gasteiger partial charge in [-0.2, -0.15) is 9.61 Å². The van der Waals surface area contributed by atoms with E-state index in [1.165, 1.54) is 11.3 Å². The van der Waals surface area contributed by atoms with E-state index in [4.69, 9.17) is 9.15 Å². The molecule has 0 aliphatic heterocycles. The topological polar surface area (TPSA) is 65.5 Å². The maximum atomic E-state index is 5.88. The SMILES string of the molecule is Cc1cccc(OCc2nn3c(-c4cc5ccccc5o4)nnc3s2)c1. The quantitative estimate of drug-likeness (QED) is 0.471. The maximum Gasteiger partial charge on any atom is 0.235 e. The smallest absolute Gasteiger partial charge is 0.235 e. The highest BCUT2D eigenvalue weighted by atomic mass is 32.1. The monoisotopic (exact) mass is 362 g/mol. The summed E-state index contributed by atoms with van der Waals surface area (Å²) < 4.78 is 13.4. The van der Waals surface area contributed by atoms with E-state index in [9.17, 15) is 0 Å². The van der Waals surface area contributed by atoms with Crippen molar-refractivity contribution in [3.05, 3.63) is 65.2 Å². The van der Waals surface area contributed by atoms with E-state index in [1.807, 2.05) is 61.5 Å². The van der Waals surface area contributed by atoms with Crippen LogP contribution in [0.4, 0.5) is 0 Å². The number of furan rings is 1.